The number of ether oxygens (including phenoxy) is 2. The molecule has 0 aliphatic carbocycles. The van der Waals surface area contributed by atoms with Crippen LogP contribution in [-0.2, 0) is 9.47 Å². The van der Waals surface area contributed by atoms with Crippen LogP contribution < -0.4 is 0 Å². The van der Waals surface area contributed by atoms with Crippen molar-refractivity contribution in [1.82, 2.24) is 0 Å². The molecule has 0 aliphatic rings. The molecule has 0 rings (SSSR count). The van der Waals surface area contributed by atoms with Crippen LogP contribution in [0, 0.1) is 5.92 Å². The van der Waals surface area contributed by atoms with E-state index in [1.54, 1.807) is 0 Å². The molecule has 0 bridgehead atoms. The maximum absolute atomic E-state index is 11.1. The summed E-state index contributed by atoms with van der Waals surface area (Å²) in [7, 11) is 0. The fraction of sp³-hybridized carbons (Fsp3) is 0.917. The van der Waals surface area contributed by atoms with Crippen LogP contribution in [0.3, 0.4) is 0 Å². The second kappa shape index (κ2) is 9.81. The molecule has 1 atom stereocenters. The van der Waals surface area contributed by atoms with Gasteiger partial charge in [0, 0.05) is 0 Å². The Labute approximate surface area is 93.1 Å². The molecule has 1 unspecified atom stereocenters. The summed E-state index contributed by atoms with van der Waals surface area (Å²) in [6, 6.07) is 0. The first-order chi connectivity index (χ1) is 7.20. The highest BCUT2D eigenvalue weighted by atomic mass is 16.7. The lowest BCUT2D eigenvalue weighted by atomic mass is 10.1. The zero-order chi connectivity index (χ0) is 11.5. The van der Waals surface area contributed by atoms with Crippen molar-refractivity contribution in [2.45, 2.75) is 52.9 Å². The van der Waals surface area contributed by atoms with Crippen molar-refractivity contribution in [3.63, 3.8) is 0 Å². The highest BCUT2D eigenvalue weighted by Gasteiger charge is 2.07. The Morgan fingerprint density at radius 1 is 1.13 bits per heavy atom. The number of rotatable bonds is 8. The Hall–Kier alpha value is -0.730. The van der Waals surface area contributed by atoms with E-state index in [0.29, 0.717) is 19.1 Å². The number of carbonyl (C=O) groups excluding carboxylic acids is 1. The van der Waals surface area contributed by atoms with Gasteiger partial charge in [0.05, 0.1) is 13.2 Å². The Kier molecular flexibility index (Phi) is 9.33. The molecule has 0 aromatic carbocycles. The molecule has 0 aromatic heterocycles. The van der Waals surface area contributed by atoms with Gasteiger partial charge in [-0.3, -0.25) is 0 Å². The van der Waals surface area contributed by atoms with E-state index in [1.807, 2.05) is 0 Å². The van der Waals surface area contributed by atoms with E-state index in [-0.39, 0.29) is 0 Å². The molecule has 0 N–H and O–H groups in total. The summed E-state index contributed by atoms with van der Waals surface area (Å²) in [5.74, 6) is 0.429. The van der Waals surface area contributed by atoms with Gasteiger partial charge in [-0.2, -0.15) is 0 Å². The Morgan fingerprint density at radius 2 is 1.87 bits per heavy atom. The van der Waals surface area contributed by atoms with Crippen molar-refractivity contribution < 1.29 is 14.3 Å². The monoisotopic (exact) mass is 216 g/mol. The van der Waals surface area contributed by atoms with E-state index in [0.717, 1.165) is 32.1 Å². The van der Waals surface area contributed by atoms with Crippen LogP contribution in [0.15, 0.2) is 0 Å². The van der Waals surface area contributed by atoms with E-state index in [1.165, 1.54) is 0 Å². The van der Waals surface area contributed by atoms with Gasteiger partial charge in [0.15, 0.2) is 0 Å². The van der Waals surface area contributed by atoms with E-state index >= 15 is 0 Å². The minimum atomic E-state index is -0.519. The van der Waals surface area contributed by atoms with Crippen LogP contribution in [0.5, 0.6) is 0 Å². The molecule has 90 valence electrons. The van der Waals surface area contributed by atoms with Gasteiger partial charge in [-0.25, -0.2) is 4.79 Å². The number of unbranched alkanes of at least 4 members (excludes halogenated alkanes) is 2. The average molecular weight is 216 g/mol. The zero-order valence-electron chi connectivity index (χ0n) is 10.3. The predicted molar refractivity (Wildman–Crippen MR) is 60.9 cm³/mol. The van der Waals surface area contributed by atoms with Gasteiger partial charge >= 0.3 is 6.16 Å². The minimum absolute atomic E-state index is 0.429. The summed E-state index contributed by atoms with van der Waals surface area (Å²) in [5.41, 5.74) is 0. The van der Waals surface area contributed by atoms with Crippen molar-refractivity contribution in [2.75, 3.05) is 13.2 Å². The van der Waals surface area contributed by atoms with Gasteiger partial charge in [-0.05, 0) is 18.8 Å². The molecule has 0 amide bonds. The molecular weight excluding hydrogens is 192 g/mol. The standard InChI is InChI=1S/C12H24O3/c1-4-6-7-9-14-12(13)15-10-11(3)8-5-2/h11H,4-10H2,1-3H3. The quantitative estimate of drug-likeness (QED) is 0.457. The fourth-order valence-corrected chi connectivity index (χ4v) is 1.34. The van der Waals surface area contributed by atoms with Crippen molar-refractivity contribution in [2.24, 2.45) is 5.92 Å². The third-order valence-corrected chi connectivity index (χ3v) is 2.23. The molecule has 3 nitrogen and oxygen atoms in total. The Bertz CT molecular complexity index is 157. The predicted octanol–water partition coefficient (Wildman–Crippen LogP) is 3.77. The minimum Gasteiger partial charge on any atom is -0.434 e. The molecule has 0 radical (unpaired) electrons. The lowest BCUT2D eigenvalue weighted by molar-refractivity contribution is 0.0441. The van der Waals surface area contributed by atoms with Crippen LogP contribution in [0.1, 0.15) is 52.9 Å². The van der Waals surface area contributed by atoms with Gasteiger partial charge < -0.3 is 9.47 Å². The molecule has 0 aliphatic heterocycles. The summed E-state index contributed by atoms with van der Waals surface area (Å²) < 4.78 is 9.89. The van der Waals surface area contributed by atoms with Crippen molar-refractivity contribution in [3.8, 4) is 0 Å². The molecule has 0 aromatic rings. The van der Waals surface area contributed by atoms with Gasteiger partial charge in [0.2, 0.25) is 0 Å². The largest absolute Gasteiger partial charge is 0.508 e. The first-order valence-corrected chi connectivity index (χ1v) is 6.00. The summed E-state index contributed by atoms with van der Waals surface area (Å²) in [4.78, 5) is 11.1. The smallest absolute Gasteiger partial charge is 0.434 e. The third-order valence-electron chi connectivity index (χ3n) is 2.23. The van der Waals surface area contributed by atoms with Crippen LogP contribution in [-0.4, -0.2) is 19.4 Å². The zero-order valence-corrected chi connectivity index (χ0v) is 10.3. The lowest BCUT2D eigenvalue weighted by Gasteiger charge is -2.10. The van der Waals surface area contributed by atoms with Gasteiger partial charge in [0.25, 0.3) is 0 Å². The maximum atomic E-state index is 11.1. The summed E-state index contributed by atoms with van der Waals surface area (Å²) in [6.07, 6.45) is 4.84. The molecule has 3 heteroatoms. The van der Waals surface area contributed by atoms with E-state index in [9.17, 15) is 4.79 Å². The molecule has 15 heavy (non-hydrogen) atoms. The highest BCUT2D eigenvalue weighted by molar-refractivity contribution is 5.59. The highest BCUT2D eigenvalue weighted by Crippen LogP contribution is 2.05. The van der Waals surface area contributed by atoms with Crippen LogP contribution in [0.4, 0.5) is 4.79 Å². The molecule has 0 fully saturated rings. The molecule has 0 saturated carbocycles. The molecule has 0 heterocycles. The van der Waals surface area contributed by atoms with Gasteiger partial charge in [-0.1, -0.05) is 40.0 Å². The fourth-order valence-electron chi connectivity index (χ4n) is 1.34. The summed E-state index contributed by atoms with van der Waals surface area (Å²) in [6.45, 7) is 7.27. The Morgan fingerprint density at radius 3 is 2.47 bits per heavy atom. The molecular formula is C12H24O3. The second-order valence-corrected chi connectivity index (χ2v) is 4.01. The molecule has 0 saturated heterocycles. The SMILES string of the molecule is CCCCCOC(=O)OCC(C)CCC. The van der Waals surface area contributed by atoms with Crippen LogP contribution in [0.2, 0.25) is 0 Å². The van der Waals surface area contributed by atoms with Gasteiger partial charge in [0.1, 0.15) is 0 Å². The van der Waals surface area contributed by atoms with Crippen molar-refractivity contribution in [1.29, 1.82) is 0 Å². The van der Waals surface area contributed by atoms with Crippen LogP contribution >= 0.6 is 0 Å². The van der Waals surface area contributed by atoms with Crippen molar-refractivity contribution in [3.05, 3.63) is 0 Å². The van der Waals surface area contributed by atoms with Crippen molar-refractivity contribution >= 4 is 6.16 Å². The summed E-state index contributed by atoms with van der Waals surface area (Å²) >= 11 is 0. The lowest BCUT2D eigenvalue weighted by Crippen LogP contribution is -2.13. The normalized spacial score (nSPS) is 12.2. The molecule has 0 spiro atoms. The van der Waals surface area contributed by atoms with Crippen LogP contribution in [0.25, 0.3) is 0 Å². The Balaban J connectivity index is 3.32. The van der Waals surface area contributed by atoms with E-state index in [2.05, 4.69) is 20.8 Å². The first kappa shape index (κ1) is 14.3. The van der Waals surface area contributed by atoms with Gasteiger partial charge in [-0.15, -0.1) is 0 Å². The topological polar surface area (TPSA) is 35.5 Å². The number of hydrogen-bond donors (Lipinski definition) is 0. The summed E-state index contributed by atoms with van der Waals surface area (Å²) in [5, 5.41) is 0. The first-order valence-electron chi connectivity index (χ1n) is 6.00. The number of hydrogen-bond acceptors (Lipinski definition) is 3. The average Bonchev–Trinajstić information content (AvgIpc) is 2.22. The number of carbonyl (C=O) groups is 1. The van der Waals surface area contributed by atoms with E-state index in [4.69, 9.17) is 9.47 Å². The van der Waals surface area contributed by atoms with E-state index < -0.39 is 6.16 Å². The third kappa shape index (κ3) is 9.57. The maximum Gasteiger partial charge on any atom is 0.508 e. The second-order valence-electron chi connectivity index (χ2n) is 4.01.